The third kappa shape index (κ3) is 6.75. The second-order valence-electron chi connectivity index (χ2n) is 11.1. The number of sulfone groups is 2. The number of alkyl halides is 3. The van der Waals surface area contributed by atoms with Gasteiger partial charge in [-0.15, -0.1) is 0 Å². The highest BCUT2D eigenvalue weighted by atomic mass is 32.2. The lowest BCUT2D eigenvalue weighted by Gasteiger charge is -2.35. The van der Waals surface area contributed by atoms with Gasteiger partial charge in [-0.05, 0) is 66.8 Å². The molecular weight excluding hydrogens is 625 g/mol. The molecule has 2 heterocycles. The number of ether oxygens (including phenoxy) is 1. The van der Waals surface area contributed by atoms with Gasteiger partial charge in [0.15, 0.2) is 19.7 Å². The van der Waals surface area contributed by atoms with Gasteiger partial charge >= 0.3 is 6.18 Å². The van der Waals surface area contributed by atoms with Gasteiger partial charge in [0.25, 0.3) is 5.91 Å². The van der Waals surface area contributed by atoms with E-state index < -0.39 is 55.4 Å². The largest absolute Gasteiger partial charge is 0.494 e. The van der Waals surface area contributed by atoms with Crippen LogP contribution in [-0.2, 0) is 42.8 Å². The Balaban J connectivity index is 1.47. The Morgan fingerprint density at radius 1 is 1.11 bits per heavy atom. The van der Waals surface area contributed by atoms with Gasteiger partial charge in [0.1, 0.15) is 22.9 Å². The molecule has 1 aliphatic heterocycles. The molecule has 11 nitrogen and oxygen atoms in total. The van der Waals surface area contributed by atoms with Gasteiger partial charge in [-0.1, -0.05) is 6.07 Å². The average molecular weight is 655 g/mol. The number of hydrogen-bond donors (Lipinski definition) is 2. The number of fused-ring (bicyclic) bond motifs is 3. The first kappa shape index (κ1) is 31.5. The van der Waals surface area contributed by atoms with Crippen LogP contribution >= 0.6 is 0 Å². The number of anilines is 1. The Morgan fingerprint density at radius 2 is 1.82 bits per heavy atom. The van der Waals surface area contributed by atoms with Crippen molar-refractivity contribution < 1.29 is 44.3 Å². The zero-order chi connectivity index (χ0) is 32.1. The topological polar surface area (TPSA) is 154 Å². The van der Waals surface area contributed by atoms with Crippen molar-refractivity contribution >= 4 is 37.3 Å². The van der Waals surface area contributed by atoms with Gasteiger partial charge < -0.3 is 15.4 Å². The second kappa shape index (κ2) is 11.2. The summed E-state index contributed by atoms with van der Waals surface area (Å²) in [5, 5.41) is 10.2. The Hall–Kier alpha value is -3.92. The summed E-state index contributed by atoms with van der Waals surface area (Å²) in [7, 11) is -7.21. The highest BCUT2D eigenvalue weighted by Gasteiger charge is 2.47. The maximum Gasteiger partial charge on any atom is 0.389 e. The quantitative estimate of drug-likeness (QED) is 0.334. The number of amides is 2. The molecule has 5 rings (SSSR count). The highest BCUT2D eigenvalue weighted by molar-refractivity contribution is 7.91. The molecular formula is C28H29F3N4O7S2. The van der Waals surface area contributed by atoms with Crippen LogP contribution in [0, 0.1) is 0 Å². The average Bonchev–Trinajstić information content (AvgIpc) is 3.42. The molecule has 0 fully saturated rings. The molecule has 2 amide bonds. The minimum atomic E-state index is -4.26. The summed E-state index contributed by atoms with van der Waals surface area (Å²) in [4.78, 5) is 26.4. The number of carbonyl (C=O) groups excluding carboxylic acids is 2. The van der Waals surface area contributed by atoms with Crippen LogP contribution in [0.25, 0.3) is 5.69 Å². The van der Waals surface area contributed by atoms with E-state index in [1.54, 1.807) is 18.2 Å². The van der Waals surface area contributed by atoms with Gasteiger partial charge in [0, 0.05) is 25.4 Å². The number of nitrogens with zero attached hydrogens (tertiary/aromatic N) is 2. The number of carbonyl (C=O) groups is 2. The fourth-order valence-corrected chi connectivity index (χ4v) is 6.75. The number of benzene rings is 2. The van der Waals surface area contributed by atoms with Gasteiger partial charge in [-0.3, -0.25) is 9.59 Å². The normalized spacial score (nSPS) is 18.1. The third-order valence-corrected chi connectivity index (χ3v) is 9.37. The predicted molar refractivity (Wildman–Crippen MR) is 153 cm³/mol. The molecule has 1 aromatic heterocycles. The first-order valence-electron chi connectivity index (χ1n) is 13.5. The van der Waals surface area contributed by atoms with Crippen molar-refractivity contribution in [2.45, 2.75) is 48.7 Å². The minimum absolute atomic E-state index is 0.0442. The van der Waals surface area contributed by atoms with E-state index in [2.05, 4.69) is 15.7 Å². The first-order chi connectivity index (χ1) is 20.4. The SMILES string of the molecule is CS(=O)(=O)CC(=O)Nc1c2c(nn1-c1ccc(S(C)(=O)=O)cc1)C[C@]1(CCc3cc(OCCCC(F)(F)F)ccc31)NC2=O. The van der Waals surface area contributed by atoms with E-state index in [1.807, 2.05) is 0 Å². The zero-order valence-corrected chi connectivity index (χ0v) is 25.3. The van der Waals surface area contributed by atoms with Crippen LogP contribution in [-0.4, -0.2) is 69.5 Å². The molecule has 0 saturated carbocycles. The summed E-state index contributed by atoms with van der Waals surface area (Å²) in [6, 6.07) is 10.8. The molecule has 0 bridgehead atoms. The Labute approximate surface area is 251 Å². The number of aryl methyl sites for hydroxylation is 1. The lowest BCUT2D eigenvalue weighted by atomic mass is 9.82. The maximum atomic E-state index is 13.7. The second-order valence-corrected chi connectivity index (χ2v) is 15.2. The van der Waals surface area contributed by atoms with E-state index in [9.17, 15) is 39.6 Å². The molecule has 0 saturated heterocycles. The molecule has 44 heavy (non-hydrogen) atoms. The Morgan fingerprint density at radius 3 is 2.45 bits per heavy atom. The maximum absolute atomic E-state index is 13.7. The molecule has 1 spiro atoms. The van der Waals surface area contributed by atoms with E-state index in [1.165, 1.54) is 28.9 Å². The van der Waals surface area contributed by atoms with E-state index in [4.69, 9.17) is 4.74 Å². The monoisotopic (exact) mass is 654 g/mol. The smallest absolute Gasteiger partial charge is 0.389 e. The molecule has 2 aliphatic rings. The van der Waals surface area contributed by atoms with Crippen LogP contribution in [0.5, 0.6) is 5.75 Å². The summed E-state index contributed by atoms with van der Waals surface area (Å²) >= 11 is 0. The van der Waals surface area contributed by atoms with Crippen molar-refractivity contribution in [3.63, 3.8) is 0 Å². The van der Waals surface area contributed by atoms with Crippen molar-refractivity contribution in [1.29, 1.82) is 0 Å². The van der Waals surface area contributed by atoms with Crippen molar-refractivity contribution in [3.05, 3.63) is 64.8 Å². The van der Waals surface area contributed by atoms with Crippen molar-refractivity contribution in [1.82, 2.24) is 15.1 Å². The summed E-state index contributed by atoms with van der Waals surface area (Å²) in [5.41, 5.74) is 1.50. The number of hydrogen-bond acceptors (Lipinski definition) is 8. The first-order valence-corrected chi connectivity index (χ1v) is 17.4. The molecule has 0 unspecified atom stereocenters. The van der Waals surface area contributed by atoms with Crippen LogP contribution < -0.4 is 15.4 Å². The summed E-state index contributed by atoms with van der Waals surface area (Å²) in [5.74, 6) is -1.91. The van der Waals surface area contributed by atoms with Gasteiger partial charge in [-0.2, -0.15) is 18.3 Å². The van der Waals surface area contributed by atoms with Crippen LogP contribution in [0.3, 0.4) is 0 Å². The molecule has 0 radical (unpaired) electrons. The number of halogens is 3. The Kier molecular flexibility index (Phi) is 8.03. The lowest BCUT2D eigenvalue weighted by molar-refractivity contribution is -0.136. The number of aromatic nitrogens is 2. The van der Waals surface area contributed by atoms with Crippen LogP contribution in [0.2, 0.25) is 0 Å². The van der Waals surface area contributed by atoms with Crippen LogP contribution in [0.15, 0.2) is 47.4 Å². The van der Waals surface area contributed by atoms with Crippen LogP contribution in [0.4, 0.5) is 19.0 Å². The minimum Gasteiger partial charge on any atom is -0.494 e. The molecule has 2 aromatic carbocycles. The number of rotatable bonds is 9. The molecule has 1 aliphatic carbocycles. The molecule has 236 valence electrons. The highest BCUT2D eigenvalue weighted by Crippen LogP contribution is 2.44. The van der Waals surface area contributed by atoms with Crippen molar-refractivity contribution in [2.24, 2.45) is 0 Å². The summed E-state index contributed by atoms with van der Waals surface area (Å²) < 4.78 is 91.6. The van der Waals surface area contributed by atoms with Crippen molar-refractivity contribution in [3.8, 4) is 11.4 Å². The van der Waals surface area contributed by atoms with E-state index in [-0.39, 0.29) is 35.7 Å². The fourth-order valence-electron chi connectivity index (χ4n) is 5.57. The molecule has 1 atom stereocenters. The lowest BCUT2D eigenvalue weighted by Crippen LogP contribution is -2.49. The standard InChI is InChI=1S/C28H29F3N4O7S2/c1-43(38,39)16-23(36)32-25-24-22(34-35(25)18-4-7-20(8-5-18)44(2,40)41)15-27(33-26(24)37)12-10-17-14-19(6-9-21(17)27)42-13-3-11-28(29,30)31/h4-9,14H,3,10-13,15-16H2,1-2H3,(H,32,36)(H,33,37)/t27-/m0/s1. The zero-order valence-electron chi connectivity index (χ0n) is 23.7. The van der Waals surface area contributed by atoms with E-state index in [0.29, 0.717) is 30.0 Å². The molecule has 16 heteroatoms. The van der Waals surface area contributed by atoms with Gasteiger partial charge in [0.05, 0.1) is 28.4 Å². The fraction of sp³-hybridized carbons (Fsp3) is 0.393. The van der Waals surface area contributed by atoms with Crippen LogP contribution in [0.1, 0.15) is 46.4 Å². The van der Waals surface area contributed by atoms with Gasteiger partial charge in [-0.25, -0.2) is 21.5 Å². The third-order valence-electron chi connectivity index (χ3n) is 7.45. The molecule has 3 aromatic rings. The summed E-state index contributed by atoms with van der Waals surface area (Å²) in [6.45, 7) is -0.0973. The van der Waals surface area contributed by atoms with Gasteiger partial charge in [0.2, 0.25) is 5.91 Å². The number of nitrogens with one attached hydrogen (secondary N) is 2. The van der Waals surface area contributed by atoms with E-state index >= 15 is 0 Å². The molecule has 2 N–H and O–H groups in total. The van der Waals surface area contributed by atoms with Crippen molar-refractivity contribution in [2.75, 3.05) is 30.2 Å². The van der Waals surface area contributed by atoms with E-state index in [0.717, 1.165) is 23.6 Å². The Bertz CT molecular complexity index is 1850. The summed E-state index contributed by atoms with van der Waals surface area (Å²) in [6.07, 6.45) is -2.15. The predicted octanol–water partition coefficient (Wildman–Crippen LogP) is 3.11.